The summed E-state index contributed by atoms with van der Waals surface area (Å²) >= 11 is 1.30. The van der Waals surface area contributed by atoms with Crippen LogP contribution in [0.15, 0.2) is 53.7 Å². The molecular weight excluding hydrogens is 322 g/mol. The van der Waals surface area contributed by atoms with Crippen LogP contribution in [0.3, 0.4) is 0 Å². The van der Waals surface area contributed by atoms with Crippen LogP contribution in [0.5, 0.6) is 0 Å². The fourth-order valence-electron chi connectivity index (χ4n) is 2.19. The Hall–Kier alpha value is -2.67. The topological polar surface area (TPSA) is 72.7 Å². The molecule has 1 heterocycles. The van der Waals surface area contributed by atoms with Crippen LogP contribution in [0.4, 0.5) is 5.69 Å². The molecule has 6 nitrogen and oxygen atoms in total. The molecule has 0 fully saturated rings. The molecule has 0 spiro atoms. The normalized spacial score (nSPS) is 10.6. The monoisotopic (exact) mass is 339 g/mol. The van der Waals surface area contributed by atoms with Crippen molar-refractivity contribution in [2.45, 2.75) is 19.0 Å². The lowest BCUT2D eigenvalue weighted by molar-refractivity contribution is -0.113. The Labute approximate surface area is 144 Å². The summed E-state index contributed by atoms with van der Waals surface area (Å²) < 4.78 is 1.65. The van der Waals surface area contributed by atoms with Crippen molar-refractivity contribution in [3.05, 3.63) is 59.7 Å². The molecule has 0 bridgehead atoms. The molecule has 0 radical (unpaired) electrons. The van der Waals surface area contributed by atoms with Crippen molar-refractivity contribution >= 4 is 23.4 Å². The minimum absolute atomic E-state index is 0.0943. The first-order valence-corrected chi connectivity index (χ1v) is 8.46. The molecule has 0 aliphatic rings. The SMILES string of the molecule is Cc1ccc(NC(=O)CSc2nnnn2-c2ccccc2C)cc1. The lowest BCUT2D eigenvalue weighted by Gasteiger charge is -2.07. The summed E-state index contributed by atoms with van der Waals surface area (Å²) in [5.74, 6) is 0.142. The van der Waals surface area contributed by atoms with Gasteiger partial charge in [-0.2, -0.15) is 4.68 Å². The average molecular weight is 339 g/mol. The van der Waals surface area contributed by atoms with Gasteiger partial charge < -0.3 is 5.32 Å². The van der Waals surface area contributed by atoms with E-state index in [1.165, 1.54) is 11.8 Å². The molecule has 0 atom stereocenters. The summed E-state index contributed by atoms with van der Waals surface area (Å²) in [6, 6.07) is 15.5. The first kappa shape index (κ1) is 16.2. The number of anilines is 1. The lowest BCUT2D eigenvalue weighted by atomic mass is 10.2. The minimum Gasteiger partial charge on any atom is -0.325 e. The summed E-state index contributed by atoms with van der Waals surface area (Å²) in [7, 11) is 0. The quantitative estimate of drug-likeness (QED) is 0.724. The van der Waals surface area contributed by atoms with Gasteiger partial charge in [-0.15, -0.1) is 5.10 Å². The van der Waals surface area contributed by atoms with Gasteiger partial charge in [-0.1, -0.05) is 47.7 Å². The number of nitrogens with zero attached hydrogens (tertiary/aromatic N) is 4. The van der Waals surface area contributed by atoms with Gasteiger partial charge in [-0.05, 0) is 48.0 Å². The third-order valence-electron chi connectivity index (χ3n) is 3.45. The van der Waals surface area contributed by atoms with Gasteiger partial charge in [-0.3, -0.25) is 4.79 Å². The summed E-state index contributed by atoms with van der Waals surface area (Å²) in [4.78, 5) is 12.1. The van der Waals surface area contributed by atoms with Crippen molar-refractivity contribution in [1.82, 2.24) is 20.2 Å². The Morgan fingerprint density at radius 2 is 1.88 bits per heavy atom. The second-order valence-corrected chi connectivity index (χ2v) is 6.31. The largest absolute Gasteiger partial charge is 0.325 e. The van der Waals surface area contributed by atoms with Crippen molar-refractivity contribution < 1.29 is 4.79 Å². The zero-order valence-corrected chi connectivity index (χ0v) is 14.2. The van der Waals surface area contributed by atoms with Crippen LogP contribution in [0, 0.1) is 13.8 Å². The van der Waals surface area contributed by atoms with Crippen LogP contribution >= 0.6 is 11.8 Å². The number of nitrogens with one attached hydrogen (secondary N) is 1. The van der Waals surface area contributed by atoms with Gasteiger partial charge in [0.25, 0.3) is 0 Å². The first-order valence-electron chi connectivity index (χ1n) is 7.47. The van der Waals surface area contributed by atoms with E-state index in [1.54, 1.807) is 4.68 Å². The summed E-state index contributed by atoms with van der Waals surface area (Å²) in [5, 5.41) is 15.2. The highest BCUT2D eigenvalue weighted by atomic mass is 32.2. The molecule has 1 N–H and O–H groups in total. The fraction of sp³-hybridized carbons (Fsp3) is 0.176. The van der Waals surface area contributed by atoms with Crippen LogP contribution in [-0.2, 0) is 4.79 Å². The van der Waals surface area contributed by atoms with Crippen LogP contribution in [0.25, 0.3) is 5.69 Å². The number of hydrogen-bond acceptors (Lipinski definition) is 5. The van der Waals surface area contributed by atoms with Crippen LogP contribution in [0.2, 0.25) is 0 Å². The van der Waals surface area contributed by atoms with Crippen LogP contribution in [0.1, 0.15) is 11.1 Å². The Morgan fingerprint density at radius 3 is 2.62 bits per heavy atom. The molecule has 0 saturated carbocycles. The van der Waals surface area contributed by atoms with E-state index in [2.05, 4.69) is 20.8 Å². The standard InChI is InChI=1S/C17H17N5OS/c1-12-7-9-14(10-8-12)18-16(23)11-24-17-19-20-21-22(17)15-6-4-3-5-13(15)2/h3-10H,11H2,1-2H3,(H,18,23). The molecule has 122 valence electrons. The van der Waals surface area contributed by atoms with Gasteiger partial charge in [0.05, 0.1) is 11.4 Å². The molecule has 0 unspecified atom stereocenters. The molecular formula is C17H17N5OS. The molecule has 24 heavy (non-hydrogen) atoms. The predicted octanol–water partition coefficient (Wildman–Crippen LogP) is 3.01. The number of aryl methyl sites for hydroxylation is 2. The highest BCUT2D eigenvalue weighted by Gasteiger charge is 2.12. The maximum absolute atomic E-state index is 12.1. The predicted molar refractivity (Wildman–Crippen MR) is 94.4 cm³/mol. The molecule has 7 heteroatoms. The Balaban J connectivity index is 1.65. The van der Waals surface area contributed by atoms with E-state index in [-0.39, 0.29) is 11.7 Å². The number of thioether (sulfide) groups is 1. The van der Waals surface area contributed by atoms with Gasteiger partial charge in [0, 0.05) is 5.69 Å². The van der Waals surface area contributed by atoms with Crippen molar-refractivity contribution in [3.63, 3.8) is 0 Å². The van der Waals surface area contributed by atoms with Crippen LogP contribution < -0.4 is 5.32 Å². The fourth-order valence-corrected chi connectivity index (χ4v) is 2.87. The van der Waals surface area contributed by atoms with Crippen LogP contribution in [-0.4, -0.2) is 31.9 Å². The van der Waals surface area contributed by atoms with Gasteiger partial charge >= 0.3 is 0 Å². The van der Waals surface area contributed by atoms with Crippen molar-refractivity contribution in [2.24, 2.45) is 0 Å². The maximum Gasteiger partial charge on any atom is 0.234 e. The molecule has 0 aliphatic heterocycles. The number of carbonyl (C=O) groups is 1. The second-order valence-electron chi connectivity index (χ2n) is 5.36. The van der Waals surface area contributed by atoms with Gasteiger partial charge in [0.1, 0.15) is 0 Å². The third kappa shape index (κ3) is 3.80. The van der Waals surface area contributed by atoms with E-state index in [9.17, 15) is 4.79 Å². The Kier molecular flexibility index (Phi) is 4.90. The van der Waals surface area contributed by atoms with Crippen molar-refractivity contribution in [3.8, 4) is 5.69 Å². The number of benzene rings is 2. The second kappa shape index (κ2) is 7.27. The highest BCUT2D eigenvalue weighted by molar-refractivity contribution is 7.99. The zero-order valence-electron chi connectivity index (χ0n) is 13.4. The molecule has 1 amide bonds. The van der Waals surface area contributed by atoms with E-state index in [0.29, 0.717) is 5.16 Å². The van der Waals surface area contributed by atoms with Gasteiger partial charge in [0.2, 0.25) is 11.1 Å². The average Bonchev–Trinajstić information content (AvgIpc) is 3.04. The van der Waals surface area contributed by atoms with Crippen molar-refractivity contribution in [1.29, 1.82) is 0 Å². The number of rotatable bonds is 5. The molecule has 3 rings (SSSR count). The van der Waals surface area contributed by atoms with E-state index in [1.807, 2.05) is 62.4 Å². The summed E-state index contributed by atoms with van der Waals surface area (Å²) in [6.45, 7) is 4.00. The van der Waals surface area contributed by atoms with E-state index >= 15 is 0 Å². The Morgan fingerprint density at radius 1 is 1.12 bits per heavy atom. The number of para-hydroxylation sites is 1. The molecule has 0 saturated heterocycles. The van der Waals surface area contributed by atoms with Gasteiger partial charge in [-0.25, -0.2) is 0 Å². The molecule has 3 aromatic rings. The summed E-state index contributed by atoms with van der Waals surface area (Å²) in [6.07, 6.45) is 0. The lowest BCUT2D eigenvalue weighted by Crippen LogP contribution is -2.14. The van der Waals surface area contributed by atoms with Crippen molar-refractivity contribution in [2.75, 3.05) is 11.1 Å². The smallest absolute Gasteiger partial charge is 0.234 e. The molecule has 2 aromatic carbocycles. The number of carbonyl (C=O) groups excluding carboxylic acids is 1. The molecule has 1 aromatic heterocycles. The number of amides is 1. The number of hydrogen-bond donors (Lipinski definition) is 1. The maximum atomic E-state index is 12.1. The zero-order chi connectivity index (χ0) is 16.9. The van der Waals surface area contributed by atoms with E-state index < -0.39 is 0 Å². The van der Waals surface area contributed by atoms with E-state index in [0.717, 1.165) is 22.5 Å². The number of aromatic nitrogens is 4. The van der Waals surface area contributed by atoms with E-state index in [4.69, 9.17) is 0 Å². The first-order chi connectivity index (χ1) is 11.6. The highest BCUT2D eigenvalue weighted by Crippen LogP contribution is 2.20. The third-order valence-corrected chi connectivity index (χ3v) is 4.37. The number of tetrazole rings is 1. The summed E-state index contributed by atoms with van der Waals surface area (Å²) in [5.41, 5.74) is 3.91. The molecule has 0 aliphatic carbocycles. The Bertz CT molecular complexity index is 844. The van der Waals surface area contributed by atoms with Gasteiger partial charge in [0.15, 0.2) is 0 Å². The minimum atomic E-state index is -0.0943.